The SMILES string of the molecule is CC(=O)Nc1ccc(OCCCC[C@H](N)CS)cc1.Cl. The van der Waals surface area contributed by atoms with Gasteiger partial charge in [-0.2, -0.15) is 12.6 Å². The zero-order valence-corrected chi connectivity index (χ0v) is 13.4. The second kappa shape index (κ2) is 10.8. The van der Waals surface area contributed by atoms with E-state index in [0.29, 0.717) is 6.61 Å². The van der Waals surface area contributed by atoms with Crippen LogP contribution in [0.15, 0.2) is 24.3 Å². The maximum Gasteiger partial charge on any atom is 0.221 e. The molecule has 0 spiro atoms. The van der Waals surface area contributed by atoms with Crippen LogP contribution in [0.4, 0.5) is 5.69 Å². The van der Waals surface area contributed by atoms with Gasteiger partial charge in [0.2, 0.25) is 5.91 Å². The maximum absolute atomic E-state index is 10.9. The van der Waals surface area contributed by atoms with E-state index in [1.54, 1.807) is 0 Å². The average Bonchev–Trinajstić information content (AvgIpc) is 2.39. The summed E-state index contributed by atoms with van der Waals surface area (Å²) in [4.78, 5) is 10.9. The zero-order chi connectivity index (χ0) is 14.1. The monoisotopic (exact) mass is 318 g/mol. The number of unbranched alkanes of at least 4 members (excludes halogenated alkanes) is 1. The van der Waals surface area contributed by atoms with Gasteiger partial charge in [0.15, 0.2) is 0 Å². The molecule has 0 unspecified atom stereocenters. The van der Waals surface area contributed by atoms with Crippen molar-refractivity contribution in [1.82, 2.24) is 0 Å². The van der Waals surface area contributed by atoms with Crippen molar-refractivity contribution < 1.29 is 9.53 Å². The Morgan fingerprint density at radius 3 is 2.55 bits per heavy atom. The summed E-state index contributed by atoms with van der Waals surface area (Å²) in [5.41, 5.74) is 6.55. The molecular formula is C14H23ClN2O2S. The molecule has 0 fully saturated rings. The number of thiol groups is 1. The number of anilines is 1. The van der Waals surface area contributed by atoms with Gasteiger partial charge in [-0.15, -0.1) is 12.4 Å². The summed E-state index contributed by atoms with van der Waals surface area (Å²) in [5, 5.41) is 2.71. The largest absolute Gasteiger partial charge is 0.494 e. The molecule has 0 aliphatic carbocycles. The Morgan fingerprint density at radius 2 is 2.00 bits per heavy atom. The van der Waals surface area contributed by atoms with Crippen LogP contribution in [-0.4, -0.2) is 24.3 Å². The van der Waals surface area contributed by atoms with E-state index in [2.05, 4.69) is 17.9 Å². The van der Waals surface area contributed by atoms with E-state index in [0.717, 1.165) is 36.5 Å². The van der Waals surface area contributed by atoms with Gasteiger partial charge < -0.3 is 15.8 Å². The summed E-state index contributed by atoms with van der Waals surface area (Å²) >= 11 is 4.14. The lowest BCUT2D eigenvalue weighted by molar-refractivity contribution is -0.114. The Labute approximate surface area is 132 Å². The molecule has 0 radical (unpaired) electrons. The fourth-order valence-corrected chi connectivity index (χ4v) is 1.81. The molecule has 0 aliphatic heterocycles. The first-order chi connectivity index (χ1) is 9.11. The number of hydrogen-bond acceptors (Lipinski definition) is 4. The van der Waals surface area contributed by atoms with E-state index in [1.165, 1.54) is 6.92 Å². The summed E-state index contributed by atoms with van der Waals surface area (Å²) in [6.45, 7) is 2.17. The molecule has 0 saturated heterocycles. The van der Waals surface area contributed by atoms with Crippen LogP contribution in [0.2, 0.25) is 0 Å². The van der Waals surface area contributed by atoms with Crippen LogP contribution in [0.25, 0.3) is 0 Å². The smallest absolute Gasteiger partial charge is 0.221 e. The number of amides is 1. The molecule has 1 rings (SSSR count). The fourth-order valence-electron chi connectivity index (χ4n) is 1.63. The van der Waals surface area contributed by atoms with Gasteiger partial charge in [0.25, 0.3) is 0 Å². The van der Waals surface area contributed by atoms with Gasteiger partial charge in [0.1, 0.15) is 5.75 Å². The van der Waals surface area contributed by atoms with Gasteiger partial charge in [0, 0.05) is 24.4 Å². The maximum atomic E-state index is 10.9. The Morgan fingerprint density at radius 1 is 1.35 bits per heavy atom. The molecule has 4 nitrogen and oxygen atoms in total. The van der Waals surface area contributed by atoms with Gasteiger partial charge >= 0.3 is 0 Å². The van der Waals surface area contributed by atoms with Crippen molar-refractivity contribution in [3.8, 4) is 5.75 Å². The third-order valence-corrected chi connectivity index (χ3v) is 3.12. The second-order valence-corrected chi connectivity index (χ2v) is 4.86. The minimum absolute atomic E-state index is 0. The van der Waals surface area contributed by atoms with E-state index >= 15 is 0 Å². The Bertz CT molecular complexity index is 387. The lowest BCUT2D eigenvalue weighted by Crippen LogP contribution is -2.21. The number of rotatable bonds is 8. The molecular weight excluding hydrogens is 296 g/mol. The lowest BCUT2D eigenvalue weighted by atomic mass is 10.1. The van der Waals surface area contributed by atoms with E-state index in [-0.39, 0.29) is 24.4 Å². The molecule has 1 atom stereocenters. The summed E-state index contributed by atoms with van der Waals surface area (Å²) < 4.78 is 5.61. The van der Waals surface area contributed by atoms with Gasteiger partial charge in [-0.05, 0) is 43.5 Å². The molecule has 0 heterocycles. The van der Waals surface area contributed by atoms with Gasteiger partial charge in [-0.3, -0.25) is 4.79 Å². The molecule has 3 N–H and O–H groups in total. The Kier molecular flexibility index (Phi) is 10.3. The summed E-state index contributed by atoms with van der Waals surface area (Å²) in [5.74, 6) is 1.47. The van der Waals surface area contributed by atoms with Crippen LogP contribution >= 0.6 is 25.0 Å². The molecule has 0 saturated carbocycles. The predicted octanol–water partition coefficient (Wildman–Crippen LogP) is 2.87. The molecule has 1 amide bonds. The highest BCUT2D eigenvalue weighted by atomic mass is 35.5. The van der Waals surface area contributed by atoms with E-state index < -0.39 is 0 Å². The highest BCUT2D eigenvalue weighted by molar-refractivity contribution is 7.80. The van der Waals surface area contributed by atoms with Crippen LogP contribution in [0.5, 0.6) is 5.75 Å². The van der Waals surface area contributed by atoms with Crippen molar-refractivity contribution in [2.45, 2.75) is 32.2 Å². The topological polar surface area (TPSA) is 64.3 Å². The zero-order valence-electron chi connectivity index (χ0n) is 11.7. The first-order valence-corrected chi connectivity index (χ1v) is 7.12. The standard InChI is InChI=1S/C14H22N2O2S.ClH/c1-11(17)16-13-5-7-14(8-6-13)18-9-3-2-4-12(15)10-19;/h5-8,12,19H,2-4,9-10,15H2,1H3,(H,16,17);1H/t12-;/m0./s1. The highest BCUT2D eigenvalue weighted by Gasteiger charge is 2.00. The summed E-state index contributed by atoms with van der Waals surface area (Å²) in [7, 11) is 0. The highest BCUT2D eigenvalue weighted by Crippen LogP contribution is 2.16. The number of carbonyl (C=O) groups is 1. The number of nitrogens with two attached hydrogens (primary N) is 1. The van der Waals surface area contributed by atoms with E-state index in [9.17, 15) is 4.79 Å². The van der Waals surface area contributed by atoms with Crippen LogP contribution < -0.4 is 15.8 Å². The van der Waals surface area contributed by atoms with E-state index in [4.69, 9.17) is 10.5 Å². The number of hydrogen-bond donors (Lipinski definition) is 3. The van der Waals surface area contributed by atoms with E-state index in [1.807, 2.05) is 24.3 Å². The third kappa shape index (κ3) is 8.30. The number of nitrogens with one attached hydrogen (secondary N) is 1. The molecule has 0 bridgehead atoms. The molecule has 1 aromatic rings. The predicted molar refractivity (Wildman–Crippen MR) is 89.2 cm³/mol. The number of ether oxygens (including phenoxy) is 1. The van der Waals surface area contributed by atoms with Gasteiger partial charge in [-0.1, -0.05) is 0 Å². The first-order valence-electron chi connectivity index (χ1n) is 6.48. The van der Waals surface area contributed by atoms with Crippen LogP contribution in [0, 0.1) is 0 Å². The van der Waals surface area contributed by atoms with Crippen molar-refractivity contribution in [2.24, 2.45) is 5.73 Å². The van der Waals surface area contributed by atoms with Crippen LogP contribution in [0.3, 0.4) is 0 Å². The number of carbonyl (C=O) groups excluding carboxylic acids is 1. The van der Waals surface area contributed by atoms with Crippen LogP contribution in [0.1, 0.15) is 26.2 Å². The van der Waals surface area contributed by atoms with Crippen molar-refractivity contribution in [3.05, 3.63) is 24.3 Å². The quantitative estimate of drug-likeness (QED) is 0.510. The third-order valence-electron chi connectivity index (χ3n) is 2.65. The lowest BCUT2D eigenvalue weighted by Gasteiger charge is -2.09. The molecule has 0 aromatic heterocycles. The van der Waals surface area contributed by atoms with Gasteiger partial charge in [0.05, 0.1) is 6.61 Å². The number of benzene rings is 1. The first kappa shape index (κ1) is 19.1. The molecule has 0 aliphatic rings. The molecule has 114 valence electrons. The minimum Gasteiger partial charge on any atom is -0.494 e. The molecule has 6 heteroatoms. The average molecular weight is 319 g/mol. The Hall–Kier alpha value is -0.910. The molecule has 20 heavy (non-hydrogen) atoms. The van der Waals surface area contributed by atoms with Crippen molar-refractivity contribution in [2.75, 3.05) is 17.7 Å². The normalized spacial score (nSPS) is 11.3. The van der Waals surface area contributed by atoms with Crippen molar-refractivity contribution >= 4 is 36.6 Å². The Balaban J connectivity index is 0.00000361. The fraction of sp³-hybridized carbons (Fsp3) is 0.500. The number of halogens is 1. The van der Waals surface area contributed by atoms with Crippen molar-refractivity contribution in [1.29, 1.82) is 0 Å². The van der Waals surface area contributed by atoms with Crippen LogP contribution in [-0.2, 0) is 4.79 Å². The van der Waals surface area contributed by atoms with Gasteiger partial charge in [-0.25, -0.2) is 0 Å². The minimum atomic E-state index is -0.0748. The summed E-state index contributed by atoms with van der Waals surface area (Å²) in [6, 6.07) is 7.54. The summed E-state index contributed by atoms with van der Waals surface area (Å²) in [6.07, 6.45) is 3.01. The molecule has 1 aromatic carbocycles. The van der Waals surface area contributed by atoms with Crippen molar-refractivity contribution in [3.63, 3.8) is 0 Å². The second-order valence-electron chi connectivity index (χ2n) is 4.49.